The van der Waals surface area contributed by atoms with Crippen molar-refractivity contribution in [3.8, 4) is 5.75 Å². The van der Waals surface area contributed by atoms with Crippen LogP contribution in [0.15, 0.2) is 18.2 Å². The van der Waals surface area contributed by atoms with Crippen LogP contribution in [0.5, 0.6) is 5.75 Å². The second-order valence-corrected chi connectivity index (χ2v) is 4.19. The zero-order valence-electron chi connectivity index (χ0n) is 10.8. The Kier molecular flexibility index (Phi) is 3.31. The maximum atomic E-state index is 5.32. The number of hydrogen-bond donors (Lipinski definition) is 1. The van der Waals surface area contributed by atoms with E-state index in [2.05, 4.69) is 15.4 Å². The molecule has 0 bridgehead atoms. The molecule has 96 valence electrons. The Morgan fingerprint density at radius 2 is 2.06 bits per heavy atom. The lowest BCUT2D eigenvalue weighted by Crippen LogP contribution is -2.33. The minimum absolute atomic E-state index is 0.516. The Morgan fingerprint density at radius 3 is 2.72 bits per heavy atom. The lowest BCUT2D eigenvalue weighted by Gasteiger charge is -2.10. The minimum Gasteiger partial charge on any atom is -0.281 e. The summed E-state index contributed by atoms with van der Waals surface area (Å²) < 4.78 is 1.81. The molecule has 0 aliphatic carbocycles. The van der Waals surface area contributed by atoms with Crippen LogP contribution in [-0.2, 0) is 4.89 Å². The predicted molar refractivity (Wildman–Crippen MR) is 66.4 cm³/mol. The van der Waals surface area contributed by atoms with E-state index in [1.54, 1.807) is 6.07 Å². The fraction of sp³-hybridized carbons (Fsp3) is 0.364. The van der Waals surface area contributed by atoms with E-state index in [1.165, 1.54) is 0 Å². The van der Waals surface area contributed by atoms with Crippen molar-refractivity contribution in [3.63, 3.8) is 0 Å². The number of aromatic amines is 1. The number of fused-ring (bicyclic) bond motifs is 1. The molecule has 1 aromatic heterocycles. The molecule has 0 aliphatic rings. The number of nitrogens with zero attached hydrogens (tertiary/aromatic N) is 4. The van der Waals surface area contributed by atoms with Crippen molar-refractivity contribution >= 4 is 17.1 Å². The molecule has 1 heterocycles. The summed E-state index contributed by atoms with van der Waals surface area (Å²) >= 11 is 0. The van der Waals surface area contributed by atoms with E-state index in [0.717, 1.165) is 5.52 Å². The summed E-state index contributed by atoms with van der Waals surface area (Å²) in [6, 6.07) is 6.02. The highest BCUT2D eigenvalue weighted by molar-refractivity contribution is 5.80. The average Bonchev–Trinajstić information content (AvgIpc) is 2.77. The maximum absolute atomic E-state index is 5.32. The van der Waals surface area contributed by atoms with Crippen LogP contribution in [-0.4, -0.2) is 59.1 Å². The van der Waals surface area contributed by atoms with Crippen LogP contribution in [0.2, 0.25) is 0 Å². The standard InChI is InChI=1S/C11H16N5O2/c1-15(2)11(16(3)4)18-17-9-7-5-6-8-10(9)13-14-12-8/h5-7H,1-4H3,(H,12,13,14)/q+1. The van der Waals surface area contributed by atoms with E-state index < -0.39 is 0 Å². The number of H-pyrrole nitrogens is 1. The van der Waals surface area contributed by atoms with Gasteiger partial charge in [0.1, 0.15) is 5.52 Å². The number of amidine groups is 1. The third kappa shape index (κ3) is 2.34. The Balaban J connectivity index is 2.20. The zero-order valence-corrected chi connectivity index (χ0v) is 10.8. The Hall–Kier alpha value is -2.31. The van der Waals surface area contributed by atoms with Crippen molar-refractivity contribution in [3.05, 3.63) is 18.2 Å². The van der Waals surface area contributed by atoms with Crippen LogP contribution in [0.1, 0.15) is 0 Å². The van der Waals surface area contributed by atoms with E-state index in [1.807, 2.05) is 49.8 Å². The molecule has 0 radical (unpaired) electrons. The van der Waals surface area contributed by atoms with E-state index >= 15 is 0 Å². The van der Waals surface area contributed by atoms with Gasteiger partial charge >= 0.3 is 6.02 Å². The normalized spacial score (nSPS) is 10.2. The fourth-order valence-electron chi connectivity index (χ4n) is 1.54. The van der Waals surface area contributed by atoms with Crippen molar-refractivity contribution in [2.45, 2.75) is 0 Å². The van der Waals surface area contributed by atoms with Gasteiger partial charge < -0.3 is 0 Å². The monoisotopic (exact) mass is 250 g/mol. The molecular weight excluding hydrogens is 234 g/mol. The number of nitrogens with one attached hydrogen (secondary N) is 1. The van der Waals surface area contributed by atoms with E-state index in [-0.39, 0.29) is 0 Å². The van der Waals surface area contributed by atoms with Crippen LogP contribution in [0.4, 0.5) is 0 Å². The van der Waals surface area contributed by atoms with Gasteiger partial charge in [0.15, 0.2) is 5.52 Å². The summed E-state index contributed by atoms with van der Waals surface area (Å²) in [4.78, 5) is 12.4. The van der Waals surface area contributed by atoms with Gasteiger partial charge in [0.25, 0.3) is 0 Å². The highest BCUT2D eigenvalue weighted by Gasteiger charge is 2.17. The molecule has 0 atom stereocenters. The first kappa shape index (κ1) is 12.2. The zero-order chi connectivity index (χ0) is 13.1. The van der Waals surface area contributed by atoms with Crippen LogP contribution >= 0.6 is 0 Å². The van der Waals surface area contributed by atoms with Gasteiger partial charge in [-0.05, 0) is 12.1 Å². The molecule has 18 heavy (non-hydrogen) atoms. The summed E-state index contributed by atoms with van der Waals surface area (Å²) in [5, 5.41) is 10.5. The summed E-state index contributed by atoms with van der Waals surface area (Å²) in [6.07, 6.45) is 0. The first-order chi connectivity index (χ1) is 8.59. The summed E-state index contributed by atoms with van der Waals surface area (Å²) in [5.74, 6) is 0.516. The average molecular weight is 250 g/mol. The van der Waals surface area contributed by atoms with Gasteiger partial charge in [-0.3, -0.25) is 4.89 Å². The SMILES string of the molecule is CN(C)C(OOc1cccc2n[nH]nc12)=[N+](C)C. The Morgan fingerprint density at radius 1 is 1.28 bits per heavy atom. The van der Waals surface area contributed by atoms with E-state index in [4.69, 9.17) is 9.78 Å². The van der Waals surface area contributed by atoms with Crippen LogP contribution in [0.3, 0.4) is 0 Å². The number of para-hydroxylation sites is 1. The summed E-state index contributed by atoms with van der Waals surface area (Å²) in [5.41, 5.74) is 1.36. The third-order valence-electron chi connectivity index (χ3n) is 2.28. The molecule has 2 rings (SSSR count). The second-order valence-electron chi connectivity index (χ2n) is 4.19. The number of benzene rings is 1. The molecule has 0 unspecified atom stereocenters. The van der Waals surface area contributed by atoms with Crippen molar-refractivity contribution in [2.24, 2.45) is 0 Å². The molecule has 7 nitrogen and oxygen atoms in total. The molecule has 0 aliphatic heterocycles. The number of aromatic nitrogens is 3. The van der Waals surface area contributed by atoms with Gasteiger partial charge in [-0.1, -0.05) is 6.07 Å². The molecule has 0 saturated carbocycles. The number of hydrogen-bond acceptors (Lipinski definition) is 4. The largest absolute Gasteiger partial charge is 0.487 e. The smallest absolute Gasteiger partial charge is 0.281 e. The Labute approximate surface area is 105 Å². The lowest BCUT2D eigenvalue weighted by atomic mass is 10.3. The predicted octanol–water partition coefficient (Wildman–Crippen LogP) is 0.458. The third-order valence-corrected chi connectivity index (χ3v) is 2.28. The first-order valence-electron chi connectivity index (χ1n) is 5.45. The number of rotatable bonds is 2. The van der Waals surface area contributed by atoms with Gasteiger partial charge in [0.2, 0.25) is 5.75 Å². The first-order valence-corrected chi connectivity index (χ1v) is 5.45. The molecule has 2 aromatic rings. The maximum Gasteiger partial charge on any atom is 0.487 e. The molecule has 0 fully saturated rings. The van der Waals surface area contributed by atoms with Gasteiger partial charge in [-0.2, -0.15) is 15.4 Å². The van der Waals surface area contributed by atoms with Crippen LogP contribution in [0.25, 0.3) is 11.0 Å². The molecular formula is C11H16N5O2+. The van der Waals surface area contributed by atoms with Crippen molar-refractivity contribution in [1.29, 1.82) is 0 Å². The highest BCUT2D eigenvalue weighted by Crippen LogP contribution is 2.21. The van der Waals surface area contributed by atoms with Gasteiger partial charge in [-0.25, -0.2) is 14.4 Å². The topological polar surface area (TPSA) is 66.3 Å². The molecule has 1 N–H and O–H groups in total. The van der Waals surface area contributed by atoms with Crippen LogP contribution in [0, 0.1) is 0 Å². The molecule has 0 spiro atoms. The molecule has 0 saturated heterocycles. The van der Waals surface area contributed by atoms with E-state index in [0.29, 0.717) is 17.3 Å². The highest BCUT2D eigenvalue weighted by atomic mass is 17.2. The minimum atomic E-state index is 0.516. The van der Waals surface area contributed by atoms with Crippen molar-refractivity contribution in [2.75, 3.05) is 28.2 Å². The summed E-state index contributed by atoms with van der Waals surface area (Å²) in [6.45, 7) is 0. The molecule has 0 amide bonds. The van der Waals surface area contributed by atoms with E-state index in [9.17, 15) is 0 Å². The van der Waals surface area contributed by atoms with Gasteiger partial charge in [0.05, 0.1) is 28.2 Å². The fourth-order valence-corrected chi connectivity index (χ4v) is 1.54. The van der Waals surface area contributed by atoms with Crippen molar-refractivity contribution in [1.82, 2.24) is 20.3 Å². The Bertz CT molecular complexity index is 572. The summed E-state index contributed by atoms with van der Waals surface area (Å²) in [7, 11) is 7.48. The van der Waals surface area contributed by atoms with Gasteiger partial charge in [-0.15, -0.1) is 0 Å². The van der Waals surface area contributed by atoms with Gasteiger partial charge in [0, 0.05) is 0 Å². The lowest BCUT2D eigenvalue weighted by molar-refractivity contribution is -0.489. The van der Waals surface area contributed by atoms with Crippen LogP contribution < -0.4 is 4.89 Å². The molecule has 1 aromatic carbocycles. The second kappa shape index (κ2) is 4.91. The quantitative estimate of drug-likeness (QED) is 0.276. The van der Waals surface area contributed by atoms with Crippen molar-refractivity contribution < 1.29 is 14.4 Å². The molecule has 7 heteroatoms.